The van der Waals surface area contributed by atoms with Crippen molar-refractivity contribution in [3.8, 4) is 11.5 Å². The molecule has 27 heavy (non-hydrogen) atoms. The first-order valence-electron chi connectivity index (χ1n) is 8.83. The maximum absolute atomic E-state index is 12.6. The summed E-state index contributed by atoms with van der Waals surface area (Å²) in [4.78, 5) is 16.7. The van der Waals surface area contributed by atoms with Gasteiger partial charge >= 0.3 is 0 Å². The zero-order chi connectivity index (χ0) is 19.1. The molecule has 0 saturated heterocycles. The van der Waals surface area contributed by atoms with E-state index in [0.29, 0.717) is 30.3 Å². The topological polar surface area (TPSA) is 60.5 Å². The van der Waals surface area contributed by atoms with Gasteiger partial charge in [-0.2, -0.15) is 0 Å². The number of nitrogens with zero attached hydrogens (tertiary/aromatic N) is 1. The van der Waals surface area contributed by atoms with Crippen molar-refractivity contribution in [2.24, 2.45) is 0 Å². The summed E-state index contributed by atoms with van der Waals surface area (Å²) in [7, 11) is 0. The zero-order valence-electron chi connectivity index (χ0n) is 15.4. The van der Waals surface area contributed by atoms with E-state index < -0.39 is 0 Å². The van der Waals surface area contributed by atoms with Crippen LogP contribution in [0.3, 0.4) is 0 Å². The van der Waals surface area contributed by atoms with Crippen molar-refractivity contribution >= 4 is 11.6 Å². The SMILES string of the molecule is CCOc1cc(C(=O)Nc2ccccc2C)ccc1OCc1cccnc1. The number of para-hydroxylation sites is 1. The Kier molecular flexibility index (Phi) is 6.05. The van der Waals surface area contributed by atoms with Gasteiger partial charge in [-0.15, -0.1) is 0 Å². The summed E-state index contributed by atoms with van der Waals surface area (Å²) in [6.45, 7) is 4.70. The van der Waals surface area contributed by atoms with Crippen molar-refractivity contribution in [3.63, 3.8) is 0 Å². The summed E-state index contributed by atoms with van der Waals surface area (Å²) in [6, 6.07) is 16.7. The number of benzene rings is 2. The number of hydrogen-bond acceptors (Lipinski definition) is 4. The van der Waals surface area contributed by atoms with Crippen molar-refractivity contribution in [3.05, 3.63) is 83.7 Å². The molecule has 3 rings (SSSR count). The van der Waals surface area contributed by atoms with Crippen LogP contribution in [-0.2, 0) is 6.61 Å². The summed E-state index contributed by atoms with van der Waals surface area (Å²) in [5.41, 5.74) is 3.27. The predicted octanol–water partition coefficient (Wildman–Crippen LogP) is 4.62. The number of aromatic nitrogens is 1. The molecule has 0 spiro atoms. The lowest BCUT2D eigenvalue weighted by Crippen LogP contribution is -2.13. The summed E-state index contributed by atoms with van der Waals surface area (Å²) in [5, 5.41) is 2.93. The molecule has 0 aliphatic heterocycles. The highest BCUT2D eigenvalue weighted by Crippen LogP contribution is 2.29. The molecule has 0 aliphatic rings. The van der Waals surface area contributed by atoms with Crippen LogP contribution in [0.1, 0.15) is 28.4 Å². The summed E-state index contributed by atoms with van der Waals surface area (Å²) in [5.74, 6) is 0.941. The van der Waals surface area contributed by atoms with E-state index in [1.165, 1.54) is 0 Å². The molecule has 138 valence electrons. The Morgan fingerprint density at radius 1 is 1.04 bits per heavy atom. The number of amides is 1. The van der Waals surface area contributed by atoms with E-state index in [0.717, 1.165) is 16.8 Å². The first-order valence-corrected chi connectivity index (χ1v) is 8.83. The second-order valence-corrected chi connectivity index (χ2v) is 6.01. The lowest BCUT2D eigenvalue weighted by atomic mass is 10.1. The number of ether oxygens (including phenoxy) is 2. The van der Waals surface area contributed by atoms with Crippen LogP contribution in [0, 0.1) is 6.92 Å². The van der Waals surface area contributed by atoms with Crippen LogP contribution in [0.5, 0.6) is 11.5 Å². The predicted molar refractivity (Wildman–Crippen MR) is 105 cm³/mol. The van der Waals surface area contributed by atoms with Crippen LogP contribution in [0.25, 0.3) is 0 Å². The van der Waals surface area contributed by atoms with E-state index in [4.69, 9.17) is 9.47 Å². The van der Waals surface area contributed by atoms with Crippen LogP contribution in [-0.4, -0.2) is 17.5 Å². The highest BCUT2D eigenvalue weighted by molar-refractivity contribution is 6.05. The molecular formula is C22H22N2O3. The molecule has 0 fully saturated rings. The van der Waals surface area contributed by atoms with Gasteiger partial charge in [0.1, 0.15) is 6.61 Å². The summed E-state index contributed by atoms with van der Waals surface area (Å²) < 4.78 is 11.5. The molecule has 0 atom stereocenters. The Bertz CT molecular complexity index is 910. The molecule has 0 aliphatic carbocycles. The highest BCUT2D eigenvalue weighted by Gasteiger charge is 2.13. The number of carbonyl (C=O) groups is 1. The van der Waals surface area contributed by atoms with Gasteiger partial charge in [-0.05, 0) is 49.7 Å². The average Bonchev–Trinajstić information content (AvgIpc) is 2.69. The molecule has 2 aromatic carbocycles. The van der Waals surface area contributed by atoms with E-state index in [1.54, 1.807) is 30.6 Å². The number of hydrogen-bond donors (Lipinski definition) is 1. The van der Waals surface area contributed by atoms with E-state index in [9.17, 15) is 4.79 Å². The van der Waals surface area contributed by atoms with Gasteiger partial charge in [-0.3, -0.25) is 9.78 Å². The minimum absolute atomic E-state index is 0.191. The number of rotatable bonds is 7. The Balaban J connectivity index is 1.76. The van der Waals surface area contributed by atoms with Crippen LogP contribution >= 0.6 is 0 Å². The molecule has 1 aromatic heterocycles. The number of carbonyl (C=O) groups excluding carboxylic acids is 1. The molecular weight excluding hydrogens is 340 g/mol. The molecule has 0 saturated carbocycles. The quantitative estimate of drug-likeness (QED) is 0.666. The first kappa shape index (κ1) is 18.5. The number of anilines is 1. The van der Waals surface area contributed by atoms with E-state index in [2.05, 4.69) is 10.3 Å². The smallest absolute Gasteiger partial charge is 0.255 e. The van der Waals surface area contributed by atoms with Crippen molar-refractivity contribution in [2.75, 3.05) is 11.9 Å². The molecule has 1 heterocycles. The fraction of sp³-hybridized carbons (Fsp3) is 0.182. The molecule has 1 N–H and O–H groups in total. The Labute approximate surface area is 159 Å². The first-order chi connectivity index (χ1) is 13.2. The minimum Gasteiger partial charge on any atom is -0.490 e. The molecule has 5 heteroatoms. The summed E-state index contributed by atoms with van der Waals surface area (Å²) >= 11 is 0. The molecule has 0 radical (unpaired) electrons. The Morgan fingerprint density at radius 2 is 1.89 bits per heavy atom. The molecule has 5 nitrogen and oxygen atoms in total. The van der Waals surface area contributed by atoms with Gasteiger partial charge in [0.2, 0.25) is 0 Å². The molecule has 3 aromatic rings. The average molecular weight is 362 g/mol. The third kappa shape index (κ3) is 4.85. The Morgan fingerprint density at radius 3 is 2.63 bits per heavy atom. The number of nitrogens with one attached hydrogen (secondary N) is 1. The van der Waals surface area contributed by atoms with Crippen molar-refractivity contribution in [1.29, 1.82) is 0 Å². The second kappa shape index (κ2) is 8.85. The van der Waals surface area contributed by atoms with Gasteiger partial charge in [0.05, 0.1) is 6.61 Å². The Hall–Kier alpha value is -3.34. The third-order valence-electron chi connectivity index (χ3n) is 4.02. The van der Waals surface area contributed by atoms with Gasteiger partial charge in [-0.25, -0.2) is 0 Å². The largest absolute Gasteiger partial charge is 0.490 e. The molecule has 0 unspecified atom stereocenters. The van der Waals surface area contributed by atoms with Crippen LogP contribution in [0.15, 0.2) is 67.0 Å². The van der Waals surface area contributed by atoms with Crippen molar-refractivity contribution in [2.45, 2.75) is 20.5 Å². The maximum Gasteiger partial charge on any atom is 0.255 e. The van der Waals surface area contributed by atoms with Crippen molar-refractivity contribution < 1.29 is 14.3 Å². The van der Waals surface area contributed by atoms with Gasteiger partial charge in [0, 0.05) is 29.2 Å². The van der Waals surface area contributed by atoms with Gasteiger partial charge < -0.3 is 14.8 Å². The second-order valence-electron chi connectivity index (χ2n) is 6.01. The normalized spacial score (nSPS) is 10.3. The monoisotopic (exact) mass is 362 g/mol. The highest BCUT2D eigenvalue weighted by atomic mass is 16.5. The van der Waals surface area contributed by atoms with Crippen molar-refractivity contribution in [1.82, 2.24) is 4.98 Å². The lowest BCUT2D eigenvalue weighted by molar-refractivity contribution is 0.102. The molecule has 1 amide bonds. The fourth-order valence-corrected chi connectivity index (χ4v) is 2.59. The summed E-state index contributed by atoms with van der Waals surface area (Å²) in [6.07, 6.45) is 3.47. The maximum atomic E-state index is 12.6. The zero-order valence-corrected chi connectivity index (χ0v) is 15.4. The van der Waals surface area contributed by atoms with Gasteiger partial charge in [0.15, 0.2) is 11.5 Å². The third-order valence-corrected chi connectivity index (χ3v) is 4.02. The van der Waals surface area contributed by atoms with Gasteiger partial charge in [-0.1, -0.05) is 24.3 Å². The number of aryl methyl sites for hydroxylation is 1. The standard InChI is InChI=1S/C22H22N2O3/c1-3-26-21-13-18(22(25)24-19-9-5-4-7-16(19)2)10-11-20(21)27-15-17-8-6-12-23-14-17/h4-14H,3,15H2,1-2H3,(H,24,25). The molecule has 0 bridgehead atoms. The van der Waals surface area contributed by atoms with E-state index >= 15 is 0 Å². The van der Waals surface area contributed by atoms with E-state index in [1.807, 2.05) is 50.2 Å². The number of pyridine rings is 1. The lowest BCUT2D eigenvalue weighted by Gasteiger charge is -2.14. The fourth-order valence-electron chi connectivity index (χ4n) is 2.59. The van der Waals surface area contributed by atoms with Crippen LogP contribution in [0.2, 0.25) is 0 Å². The van der Waals surface area contributed by atoms with E-state index in [-0.39, 0.29) is 5.91 Å². The van der Waals surface area contributed by atoms with Crippen LogP contribution in [0.4, 0.5) is 5.69 Å². The van der Waals surface area contributed by atoms with Crippen LogP contribution < -0.4 is 14.8 Å². The van der Waals surface area contributed by atoms with Gasteiger partial charge in [0.25, 0.3) is 5.91 Å². The minimum atomic E-state index is -0.191.